The molecule has 92 valence electrons. The number of hydrogen-bond donors (Lipinski definition) is 1. The van der Waals surface area contributed by atoms with Gasteiger partial charge in [0.25, 0.3) is 0 Å². The molecule has 0 radical (unpaired) electrons. The Hall–Kier alpha value is -1.74. The molecule has 0 saturated carbocycles. The number of nitrogens with zero attached hydrogens (tertiary/aromatic N) is 1. The lowest BCUT2D eigenvalue weighted by atomic mass is 10.2. The van der Waals surface area contributed by atoms with Gasteiger partial charge in [-0.25, -0.2) is 0 Å². The molecule has 0 saturated heterocycles. The van der Waals surface area contributed by atoms with Crippen LogP contribution < -0.4 is 10.1 Å². The van der Waals surface area contributed by atoms with E-state index in [1.165, 1.54) is 18.2 Å². The van der Waals surface area contributed by atoms with E-state index in [2.05, 4.69) is 10.1 Å². The molecular formula is C11H11F3N2O. The Kier molecular flexibility index (Phi) is 4.79. The molecular weight excluding hydrogens is 233 g/mol. The van der Waals surface area contributed by atoms with Gasteiger partial charge in [0.2, 0.25) is 0 Å². The molecule has 0 aliphatic rings. The van der Waals surface area contributed by atoms with Crippen LogP contribution in [-0.2, 0) is 6.54 Å². The number of hydrogen-bond acceptors (Lipinski definition) is 3. The van der Waals surface area contributed by atoms with E-state index in [0.717, 1.165) is 0 Å². The Morgan fingerprint density at radius 2 is 2.12 bits per heavy atom. The first-order chi connectivity index (χ1) is 8.01. The summed E-state index contributed by atoms with van der Waals surface area (Å²) in [5, 5.41) is 11.2. The van der Waals surface area contributed by atoms with Crippen LogP contribution in [0.1, 0.15) is 12.0 Å². The van der Waals surface area contributed by atoms with E-state index in [1.807, 2.05) is 6.07 Å². The van der Waals surface area contributed by atoms with Crippen molar-refractivity contribution < 1.29 is 17.9 Å². The van der Waals surface area contributed by atoms with Crippen LogP contribution in [0.3, 0.4) is 0 Å². The Morgan fingerprint density at radius 3 is 2.76 bits per heavy atom. The molecule has 0 amide bonds. The Labute approximate surface area is 96.8 Å². The SMILES string of the molecule is N#CCCNCc1cccc(OC(F)(F)F)c1. The number of ether oxygens (including phenoxy) is 1. The third kappa shape index (κ3) is 5.78. The summed E-state index contributed by atoms with van der Waals surface area (Å²) in [5.74, 6) is -0.239. The maximum atomic E-state index is 12.0. The summed E-state index contributed by atoms with van der Waals surface area (Å²) in [5.41, 5.74) is 0.671. The summed E-state index contributed by atoms with van der Waals surface area (Å²) in [4.78, 5) is 0. The van der Waals surface area contributed by atoms with Gasteiger partial charge >= 0.3 is 6.36 Å². The average molecular weight is 244 g/mol. The van der Waals surface area contributed by atoms with Gasteiger partial charge in [-0.15, -0.1) is 13.2 Å². The van der Waals surface area contributed by atoms with E-state index in [1.54, 1.807) is 6.07 Å². The van der Waals surface area contributed by atoms with E-state index in [4.69, 9.17) is 5.26 Å². The Bertz CT molecular complexity index is 398. The summed E-state index contributed by atoms with van der Waals surface area (Å²) < 4.78 is 39.6. The first kappa shape index (κ1) is 13.3. The second kappa shape index (κ2) is 6.11. The molecule has 0 bridgehead atoms. The molecule has 1 N–H and O–H groups in total. The number of rotatable bonds is 5. The zero-order valence-corrected chi connectivity index (χ0v) is 8.92. The summed E-state index contributed by atoms with van der Waals surface area (Å²) in [6.07, 6.45) is -4.31. The van der Waals surface area contributed by atoms with Crippen LogP contribution in [0, 0.1) is 11.3 Å². The van der Waals surface area contributed by atoms with Crippen LogP contribution in [0.4, 0.5) is 13.2 Å². The predicted octanol–water partition coefficient (Wildman–Crippen LogP) is 2.59. The van der Waals surface area contributed by atoms with Crippen molar-refractivity contribution in [2.45, 2.75) is 19.3 Å². The molecule has 6 heteroatoms. The minimum Gasteiger partial charge on any atom is -0.406 e. The number of nitriles is 1. The highest BCUT2D eigenvalue weighted by Crippen LogP contribution is 2.23. The van der Waals surface area contributed by atoms with E-state index in [9.17, 15) is 13.2 Å². The maximum Gasteiger partial charge on any atom is 0.573 e. The Balaban J connectivity index is 2.51. The van der Waals surface area contributed by atoms with Gasteiger partial charge in [-0.1, -0.05) is 12.1 Å². The molecule has 0 unspecified atom stereocenters. The lowest BCUT2D eigenvalue weighted by Crippen LogP contribution is -2.18. The standard InChI is InChI=1S/C11H11F3N2O/c12-11(13,14)17-10-4-1-3-9(7-10)8-16-6-2-5-15/h1,3-4,7,16H,2,6,8H2. The largest absolute Gasteiger partial charge is 0.573 e. The van der Waals surface area contributed by atoms with Gasteiger partial charge in [-0.2, -0.15) is 5.26 Å². The number of benzene rings is 1. The molecule has 1 aromatic carbocycles. The smallest absolute Gasteiger partial charge is 0.406 e. The first-order valence-corrected chi connectivity index (χ1v) is 4.93. The lowest BCUT2D eigenvalue weighted by Gasteiger charge is -2.10. The van der Waals surface area contributed by atoms with E-state index < -0.39 is 6.36 Å². The quantitative estimate of drug-likeness (QED) is 0.810. The fraction of sp³-hybridized carbons (Fsp3) is 0.364. The normalized spacial score (nSPS) is 10.9. The summed E-state index contributed by atoms with van der Waals surface area (Å²) in [6, 6.07) is 7.69. The minimum atomic E-state index is -4.67. The van der Waals surface area contributed by atoms with Crippen LogP contribution in [-0.4, -0.2) is 12.9 Å². The van der Waals surface area contributed by atoms with Crippen molar-refractivity contribution in [2.75, 3.05) is 6.54 Å². The fourth-order valence-corrected chi connectivity index (χ4v) is 1.23. The van der Waals surface area contributed by atoms with Crippen molar-refractivity contribution >= 4 is 0 Å². The molecule has 0 spiro atoms. The molecule has 0 heterocycles. The lowest BCUT2D eigenvalue weighted by molar-refractivity contribution is -0.274. The van der Waals surface area contributed by atoms with E-state index in [0.29, 0.717) is 25.1 Å². The highest BCUT2D eigenvalue weighted by atomic mass is 19.4. The fourth-order valence-electron chi connectivity index (χ4n) is 1.23. The van der Waals surface area contributed by atoms with Gasteiger partial charge in [-0.05, 0) is 17.7 Å². The maximum absolute atomic E-state index is 12.0. The first-order valence-electron chi connectivity index (χ1n) is 4.93. The molecule has 0 atom stereocenters. The van der Waals surface area contributed by atoms with Gasteiger partial charge in [0.1, 0.15) is 5.75 Å². The van der Waals surface area contributed by atoms with Crippen molar-refractivity contribution in [3.8, 4) is 11.8 Å². The summed E-state index contributed by atoms with van der Waals surface area (Å²) in [7, 11) is 0. The molecule has 1 rings (SSSR count). The van der Waals surface area contributed by atoms with Crippen LogP contribution in [0.15, 0.2) is 24.3 Å². The monoisotopic (exact) mass is 244 g/mol. The third-order valence-electron chi connectivity index (χ3n) is 1.87. The molecule has 17 heavy (non-hydrogen) atoms. The highest BCUT2D eigenvalue weighted by molar-refractivity contribution is 5.28. The minimum absolute atomic E-state index is 0.239. The zero-order chi connectivity index (χ0) is 12.7. The van der Waals surface area contributed by atoms with Crippen molar-refractivity contribution in [1.82, 2.24) is 5.32 Å². The van der Waals surface area contributed by atoms with E-state index in [-0.39, 0.29) is 5.75 Å². The van der Waals surface area contributed by atoms with Gasteiger partial charge in [-0.3, -0.25) is 0 Å². The highest BCUT2D eigenvalue weighted by Gasteiger charge is 2.30. The molecule has 0 aromatic heterocycles. The van der Waals surface area contributed by atoms with Crippen LogP contribution in [0.2, 0.25) is 0 Å². The van der Waals surface area contributed by atoms with Gasteiger partial charge in [0.15, 0.2) is 0 Å². The van der Waals surface area contributed by atoms with Crippen LogP contribution in [0.25, 0.3) is 0 Å². The molecule has 1 aromatic rings. The van der Waals surface area contributed by atoms with Gasteiger partial charge in [0.05, 0.1) is 6.07 Å². The summed E-state index contributed by atoms with van der Waals surface area (Å²) >= 11 is 0. The van der Waals surface area contributed by atoms with Crippen molar-refractivity contribution in [3.63, 3.8) is 0 Å². The topological polar surface area (TPSA) is 45.0 Å². The Morgan fingerprint density at radius 1 is 1.35 bits per heavy atom. The van der Waals surface area contributed by atoms with Gasteiger partial charge in [0, 0.05) is 19.5 Å². The second-order valence-corrected chi connectivity index (χ2v) is 3.28. The zero-order valence-electron chi connectivity index (χ0n) is 8.92. The third-order valence-corrected chi connectivity index (χ3v) is 1.87. The molecule has 0 aliphatic heterocycles. The van der Waals surface area contributed by atoms with Crippen LogP contribution >= 0.6 is 0 Å². The average Bonchev–Trinajstić information content (AvgIpc) is 2.23. The molecule has 3 nitrogen and oxygen atoms in total. The van der Waals surface area contributed by atoms with Crippen molar-refractivity contribution in [1.29, 1.82) is 5.26 Å². The molecule has 0 aliphatic carbocycles. The van der Waals surface area contributed by atoms with Crippen LogP contribution in [0.5, 0.6) is 5.75 Å². The van der Waals surface area contributed by atoms with E-state index >= 15 is 0 Å². The van der Waals surface area contributed by atoms with Crippen molar-refractivity contribution in [2.24, 2.45) is 0 Å². The number of nitrogens with one attached hydrogen (secondary N) is 1. The molecule has 0 fully saturated rings. The predicted molar refractivity (Wildman–Crippen MR) is 55.1 cm³/mol. The van der Waals surface area contributed by atoms with Crippen molar-refractivity contribution in [3.05, 3.63) is 29.8 Å². The second-order valence-electron chi connectivity index (χ2n) is 3.28. The number of alkyl halides is 3. The summed E-state index contributed by atoms with van der Waals surface area (Å²) in [6.45, 7) is 0.900. The van der Waals surface area contributed by atoms with Gasteiger partial charge < -0.3 is 10.1 Å². The number of halogens is 3.